The number of hydrogen-bond acceptors (Lipinski definition) is 2. The highest BCUT2D eigenvalue weighted by Gasteiger charge is 2.22. The van der Waals surface area contributed by atoms with Crippen LogP contribution in [0.4, 0.5) is 0 Å². The molecule has 2 nitrogen and oxygen atoms in total. The van der Waals surface area contributed by atoms with E-state index in [2.05, 4.69) is 39.9 Å². The Morgan fingerprint density at radius 3 is 2.06 bits per heavy atom. The van der Waals surface area contributed by atoms with Gasteiger partial charge >= 0.3 is 0 Å². The van der Waals surface area contributed by atoms with Crippen LogP contribution in [-0.2, 0) is 4.74 Å². The highest BCUT2D eigenvalue weighted by atomic mass is 16.5. The Kier molecular flexibility index (Phi) is 8.96. The van der Waals surface area contributed by atoms with Gasteiger partial charge in [0.05, 0.1) is 6.10 Å². The van der Waals surface area contributed by atoms with E-state index >= 15 is 0 Å². The van der Waals surface area contributed by atoms with Crippen LogP contribution < -0.4 is 5.32 Å². The monoisotopic (exact) mass is 229 g/mol. The first kappa shape index (κ1) is 15.9. The summed E-state index contributed by atoms with van der Waals surface area (Å²) in [6.07, 6.45) is 4.17. The molecule has 1 N–H and O–H groups in total. The van der Waals surface area contributed by atoms with Crippen LogP contribution in [0.3, 0.4) is 0 Å². The molecule has 0 aromatic carbocycles. The molecule has 0 rings (SSSR count). The van der Waals surface area contributed by atoms with Gasteiger partial charge in [0, 0.05) is 13.2 Å². The molecule has 0 aromatic rings. The molecule has 0 saturated heterocycles. The summed E-state index contributed by atoms with van der Waals surface area (Å²) >= 11 is 0. The van der Waals surface area contributed by atoms with Crippen molar-refractivity contribution in [2.75, 3.05) is 13.7 Å². The van der Waals surface area contributed by atoms with E-state index in [1.54, 1.807) is 0 Å². The zero-order chi connectivity index (χ0) is 12.6. The van der Waals surface area contributed by atoms with E-state index in [4.69, 9.17) is 4.74 Å². The van der Waals surface area contributed by atoms with Crippen molar-refractivity contribution in [2.24, 2.45) is 11.8 Å². The maximum absolute atomic E-state index is 5.62. The van der Waals surface area contributed by atoms with Crippen LogP contribution in [-0.4, -0.2) is 25.8 Å². The van der Waals surface area contributed by atoms with Crippen molar-refractivity contribution in [3.8, 4) is 0 Å². The average molecular weight is 229 g/mol. The van der Waals surface area contributed by atoms with Gasteiger partial charge in [-0.05, 0) is 24.8 Å². The molecule has 0 bridgehead atoms. The van der Waals surface area contributed by atoms with Gasteiger partial charge in [0.1, 0.15) is 0 Å². The molecule has 2 heteroatoms. The fraction of sp³-hybridized carbons (Fsp3) is 1.00. The Hall–Kier alpha value is -0.0800. The SMILES string of the molecule is CCNC(CCCC(C)C)C(OC)C(C)C. The summed E-state index contributed by atoms with van der Waals surface area (Å²) in [7, 11) is 1.83. The van der Waals surface area contributed by atoms with Gasteiger partial charge in [0.2, 0.25) is 0 Å². The van der Waals surface area contributed by atoms with Crippen molar-refractivity contribution in [2.45, 2.75) is 66.0 Å². The third-order valence-electron chi connectivity index (χ3n) is 3.09. The van der Waals surface area contributed by atoms with Crippen LogP contribution in [0.5, 0.6) is 0 Å². The molecular weight excluding hydrogens is 198 g/mol. The van der Waals surface area contributed by atoms with Crippen molar-refractivity contribution < 1.29 is 4.74 Å². The third kappa shape index (κ3) is 6.49. The third-order valence-corrected chi connectivity index (χ3v) is 3.09. The standard InChI is InChI=1S/C14H31NO/c1-7-15-13(10-8-9-11(2)3)14(16-6)12(4)5/h11-15H,7-10H2,1-6H3. The zero-order valence-electron chi connectivity index (χ0n) is 12.0. The Morgan fingerprint density at radius 2 is 1.69 bits per heavy atom. The number of methoxy groups -OCH3 is 1. The van der Waals surface area contributed by atoms with Crippen molar-refractivity contribution in [1.29, 1.82) is 0 Å². The average Bonchev–Trinajstić information content (AvgIpc) is 2.17. The number of likely N-dealkylation sites (N-methyl/N-ethyl adjacent to an activating group) is 1. The minimum atomic E-state index is 0.340. The van der Waals surface area contributed by atoms with E-state index in [-0.39, 0.29) is 0 Å². The van der Waals surface area contributed by atoms with E-state index in [1.165, 1.54) is 19.3 Å². The van der Waals surface area contributed by atoms with Gasteiger partial charge in [0.25, 0.3) is 0 Å². The summed E-state index contributed by atoms with van der Waals surface area (Å²) in [6.45, 7) is 12.3. The molecule has 2 unspecified atom stereocenters. The lowest BCUT2D eigenvalue weighted by Crippen LogP contribution is -2.43. The van der Waals surface area contributed by atoms with Crippen LogP contribution in [0.15, 0.2) is 0 Å². The van der Waals surface area contributed by atoms with Crippen molar-refractivity contribution in [3.63, 3.8) is 0 Å². The normalized spacial score (nSPS) is 15.8. The number of rotatable bonds is 9. The van der Waals surface area contributed by atoms with Gasteiger partial charge in [-0.2, -0.15) is 0 Å². The van der Waals surface area contributed by atoms with Crippen LogP contribution >= 0.6 is 0 Å². The summed E-state index contributed by atoms with van der Waals surface area (Å²) in [4.78, 5) is 0. The lowest BCUT2D eigenvalue weighted by Gasteiger charge is -2.30. The molecule has 0 saturated carbocycles. The number of hydrogen-bond donors (Lipinski definition) is 1. The smallest absolute Gasteiger partial charge is 0.0747 e. The minimum absolute atomic E-state index is 0.340. The number of ether oxygens (including phenoxy) is 1. The first-order valence-corrected chi connectivity index (χ1v) is 6.79. The second-order valence-corrected chi connectivity index (χ2v) is 5.43. The van der Waals surface area contributed by atoms with Gasteiger partial charge in [-0.25, -0.2) is 0 Å². The van der Waals surface area contributed by atoms with Crippen LogP contribution in [0.2, 0.25) is 0 Å². The lowest BCUT2D eigenvalue weighted by molar-refractivity contribution is 0.0302. The molecule has 0 aromatic heterocycles. The second kappa shape index (κ2) is 9.00. The molecule has 0 aliphatic carbocycles. The van der Waals surface area contributed by atoms with E-state index in [0.29, 0.717) is 18.1 Å². The topological polar surface area (TPSA) is 21.3 Å². The molecular formula is C14H31NO. The molecule has 0 heterocycles. The maximum Gasteiger partial charge on any atom is 0.0747 e. The largest absolute Gasteiger partial charge is 0.380 e. The molecule has 0 radical (unpaired) electrons. The van der Waals surface area contributed by atoms with Crippen LogP contribution in [0.1, 0.15) is 53.9 Å². The Bertz CT molecular complexity index is 157. The quantitative estimate of drug-likeness (QED) is 0.654. The Balaban J connectivity index is 4.12. The summed E-state index contributed by atoms with van der Waals surface area (Å²) < 4.78 is 5.62. The molecule has 0 spiro atoms. The highest BCUT2D eigenvalue weighted by molar-refractivity contribution is 4.79. The zero-order valence-corrected chi connectivity index (χ0v) is 12.0. The van der Waals surface area contributed by atoms with Crippen molar-refractivity contribution in [3.05, 3.63) is 0 Å². The van der Waals surface area contributed by atoms with Gasteiger partial charge in [0.15, 0.2) is 0 Å². The minimum Gasteiger partial charge on any atom is -0.380 e. The number of nitrogens with one attached hydrogen (secondary N) is 1. The predicted molar refractivity (Wildman–Crippen MR) is 71.8 cm³/mol. The lowest BCUT2D eigenvalue weighted by atomic mass is 9.93. The van der Waals surface area contributed by atoms with E-state index in [9.17, 15) is 0 Å². The second-order valence-electron chi connectivity index (χ2n) is 5.43. The Labute approximate surface area is 102 Å². The van der Waals surface area contributed by atoms with Crippen molar-refractivity contribution >= 4 is 0 Å². The fourth-order valence-electron chi connectivity index (χ4n) is 2.29. The molecule has 98 valence electrons. The first-order valence-electron chi connectivity index (χ1n) is 6.79. The summed E-state index contributed by atoms with van der Waals surface area (Å²) in [5.41, 5.74) is 0. The molecule has 0 aliphatic heterocycles. The highest BCUT2D eigenvalue weighted by Crippen LogP contribution is 2.17. The van der Waals surface area contributed by atoms with Gasteiger partial charge < -0.3 is 10.1 Å². The van der Waals surface area contributed by atoms with Gasteiger partial charge in [-0.15, -0.1) is 0 Å². The molecule has 0 aliphatic rings. The van der Waals surface area contributed by atoms with E-state index in [0.717, 1.165) is 12.5 Å². The van der Waals surface area contributed by atoms with Gasteiger partial charge in [-0.1, -0.05) is 47.5 Å². The van der Waals surface area contributed by atoms with E-state index < -0.39 is 0 Å². The van der Waals surface area contributed by atoms with Crippen LogP contribution in [0, 0.1) is 11.8 Å². The molecule has 0 fully saturated rings. The summed E-state index contributed by atoms with van der Waals surface area (Å²) in [5.74, 6) is 1.38. The molecule has 16 heavy (non-hydrogen) atoms. The summed E-state index contributed by atoms with van der Waals surface area (Å²) in [5, 5.41) is 3.56. The predicted octanol–water partition coefficient (Wildman–Crippen LogP) is 3.46. The van der Waals surface area contributed by atoms with Crippen LogP contribution in [0.25, 0.3) is 0 Å². The van der Waals surface area contributed by atoms with E-state index in [1.807, 2.05) is 7.11 Å². The molecule has 0 amide bonds. The summed E-state index contributed by atoms with van der Waals surface area (Å²) in [6, 6.07) is 0.508. The van der Waals surface area contributed by atoms with Crippen molar-refractivity contribution in [1.82, 2.24) is 5.32 Å². The van der Waals surface area contributed by atoms with Gasteiger partial charge in [-0.3, -0.25) is 0 Å². The first-order chi connectivity index (χ1) is 7.52. The Morgan fingerprint density at radius 1 is 1.06 bits per heavy atom. The maximum atomic E-state index is 5.62. The fourth-order valence-corrected chi connectivity index (χ4v) is 2.29. The molecule has 2 atom stereocenters.